The van der Waals surface area contributed by atoms with Gasteiger partial charge in [0.15, 0.2) is 6.61 Å². The fourth-order valence-corrected chi connectivity index (χ4v) is 5.72. The van der Waals surface area contributed by atoms with Crippen LogP contribution < -0.4 is 0 Å². The lowest BCUT2D eigenvalue weighted by Crippen LogP contribution is -2.50. The molecule has 1 aromatic carbocycles. The van der Waals surface area contributed by atoms with E-state index in [1.165, 1.54) is 0 Å². The Hall–Kier alpha value is -2.50. The van der Waals surface area contributed by atoms with E-state index >= 15 is 0 Å². The third-order valence-corrected chi connectivity index (χ3v) is 7.15. The Kier molecular flexibility index (Phi) is 5.28. The fraction of sp³-hybridized carbons (Fsp3) is 0.583. The lowest BCUT2D eigenvalue weighted by atomic mass is 9.81. The molecule has 2 bridgehead atoms. The second-order valence-electron chi connectivity index (χ2n) is 9.47. The van der Waals surface area contributed by atoms with Gasteiger partial charge in [-0.15, -0.1) is 0 Å². The number of likely N-dealkylation sites (tertiary alicyclic amines) is 1. The largest absolute Gasteiger partial charge is 0.456 e. The average molecular weight is 411 g/mol. The van der Waals surface area contributed by atoms with Crippen LogP contribution in [0.1, 0.15) is 54.6 Å². The van der Waals surface area contributed by atoms with Crippen LogP contribution in [0.25, 0.3) is 0 Å². The Morgan fingerprint density at radius 2 is 1.67 bits per heavy atom. The number of carbonyl (C=O) groups is 4. The summed E-state index contributed by atoms with van der Waals surface area (Å²) in [6.45, 7) is 6.91. The summed E-state index contributed by atoms with van der Waals surface area (Å²) in [5.41, 5.74) is 2.28. The van der Waals surface area contributed by atoms with Gasteiger partial charge in [-0.1, -0.05) is 31.5 Å². The number of ketones is 1. The smallest absolute Gasteiger partial charge is 0.330 e. The number of nitrogens with zero attached hydrogens (tertiary/aromatic N) is 1. The van der Waals surface area contributed by atoms with Gasteiger partial charge in [-0.2, -0.15) is 0 Å². The predicted molar refractivity (Wildman–Crippen MR) is 109 cm³/mol. The molecule has 0 spiro atoms. The van der Waals surface area contributed by atoms with E-state index in [4.69, 9.17) is 4.74 Å². The number of hydrogen-bond donors (Lipinski definition) is 0. The minimum Gasteiger partial charge on any atom is -0.456 e. The highest BCUT2D eigenvalue weighted by Gasteiger charge is 2.62. The second kappa shape index (κ2) is 7.64. The summed E-state index contributed by atoms with van der Waals surface area (Å²) in [4.78, 5) is 52.9. The van der Waals surface area contributed by atoms with Crippen molar-refractivity contribution in [1.82, 2.24) is 4.90 Å². The summed E-state index contributed by atoms with van der Waals surface area (Å²) >= 11 is 0. The van der Waals surface area contributed by atoms with Crippen molar-refractivity contribution in [3.05, 3.63) is 34.9 Å². The van der Waals surface area contributed by atoms with E-state index in [0.717, 1.165) is 35.3 Å². The van der Waals surface area contributed by atoms with Gasteiger partial charge in [0.2, 0.25) is 17.6 Å². The maximum absolute atomic E-state index is 13.1. The topological polar surface area (TPSA) is 80.8 Å². The van der Waals surface area contributed by atoms with Crippen LogP contribution in [0.5, 0.6) is 0 Å². The van der Waals surface area contributed by atoms with Gasteiger partial charge in [0.1, 0.15) is 6.04 Å². The summed E-state index contributed by atoms with van der Waals surface area (Å²) in [6, 6.07) is 4.56. The van der Waals surface area contributed by atoms with Gasteiger partial charge in [-0.05, 0) is 62.5 Å². The molecule has 30 heavy (non-hydrogen) atoms. The molecule has 5 atom stereocenters. The van der Waals surface area contributed by atoms with Gasteiger partial charge in [-0.3, -0.25) is 19.3 Å². The Labute approximate surface area is 177 Å². The Morgan fingerprint density at radius 3 is 2.23 bits per heavy atom. The minimum absolute atomic E-state index is 0.228. The second-order valence-corrected chi connectivity index (χ2v) is 9.47. The molecule has 4 rings (SSSR count). The zero-order valence-corrected chi connectivity index (χ0v) is 18.0. The van der Waals surface area contributed by atoms with Crippen molar-refractivity contribution in [3.8, 4) is 0 Å². The van der Waals surface area contributed by atoms with Gasteiger partial charge >= 0.3 is 5.97 Å². The maximum atomic E-state index is 13.1. The first-order valence-electron chi connectivity index (χ1n) is 10.8. The van der Waals surface area contributed by atoms with Crippen LogP contribution >= 0.6 is 0 Å². The van der Waals surface area contributed by atoms with Gasteiger partial charge in [-0.25, -0.2) is 4.79 Å². The number of ether oxygens (including phenoxy) is 1. The minimum atomic E-state index is -0.985. The molecule has 1 aliphatic heterocycles. The first kappa shape index (κ1) is 20.8. The first-order chi connectivity index (χ1) is 14.2. The van der Waals surface area contributed by atoms with Gasteiger partial charge < -0.3 is 4.74 Å². The molecule has 1 saturated heterocycles. The molecule has 2 saturated carbocycles. The molecule has 1 aromatic rings. The molecule has 3 fully saturated rings. The number of Topliss-reactive ketones (excluding diaryl/α,β-unsaturated/α-hetero) is 1. The van der Waals surface area contributed by atoms with Crippen molar-refractivity contribution in [2.45, 2.75) is 53.0 Å². The van der Waals surface area contributed by atoms with E-state index in [1.807, 2.05) is 26.0 Å². The number of benzene rings is 1. The first-order valence-corrected chi connectivity index (χ1v) is 10.8. The van der Waals surface area contributed by atoms with Crippen molar-refractivity contribution in [1.29, 1.82) is 0 Å². The average Bonchev–Trinajstić information content (AvgIpc) is 3.37. The van der Waals surface area contributed by atoms with Crippen LogP contribution in [0.15, 0.2) is 18.2 Å². The Morgan fingerprint density at radius 1 is 1.07 bits per heavy atom. The van der Waals surface area contributed by atoms with Crippen LogP contribution in [-0.2, 0) is 19.1 Å². The third-order valence-electron chi connectivity index (χ3n) is 7.15. The van der Waals surface area contributed by atoms with Crippen LogP contribution in [-0.4, -0.2) is 41.1 Å². The van der Waals surface area contributed by atoms with E-state index in [1.54, 1.807) is 19.9 Å². The number of esters is 1. The van der Waals surface area contributed by atoms with Crippen LogP contribution in [0.3, 0.4) is 0 Å². The van der Waals surface area contributed by atoms with Crippen molar-refractivity contribution in [3.63, 3.8) is 0 Å². The molecule has 6 heteroatoms. The third kappa shape index (κ3) is 3.26. The molecular weight excluding hydrogens is 382 g/mol. The molecule has 0 aromatic heterocycles. The molecule has 1 heterocycles. The zero-order valence-electron chi connectivity index (χ0n) is 18.0. The molecule has 0 radical (unpaired) electrons. The maximum Gasteiger partial charge on any atom is 0.330 e. The highest BCUT2D eigenvalue weighted by Crippen LogP contribution is 2.56. The summed E-state index contributed by atoms with van der Waals surface area (Å²) in [7, 11) is 0. The van der Waals surface area contributed by atoms with E-state index in [9.17, 15) is 19.2 Å². The number of imide groups is 1. The van der Waals surface area contributed by atoms with Crippen molar-refractivity contribution >= 4 is 23.6 Å². The normalized spacial score (nSPS) is 28.2. The van der Waals surface area contributed by atoms with E-state index in [-0.39, 0.29) is 47.2 Å². The molecule has 6 nitrogen and oxygen atoms in total. The molecule has 0 N–H and O–H groups in total. The van der Waals surface area contributed by atoms with E-state index in [2.05, 4.69) is 0 Å². The predicted octanol–water partition coefficient (Wildman–Crippen LogP) is 3.09. The molecule has 0 unspecified atom stereocenters. The number of amides is 2. The van der Waals surface area contributed by atoms with Crippen molar-refractivity contribution in [2.24, 2.45) is 29.6 Å². The lowest BCUT2D eigenvalue weighted by Gasteiger charge is -2.28. The summed E-state index contributed by atoms with van der Waals surface area (Å²) < 4.78 is 5.34. The van der Waals surface area contributed by atoms with Gasteiger partial charge in [0, 0.05) is 5.56 Å². The van der Waals surface area contributed by atoms with Gasteiger partial charge in [0.25, 0.3) is 0 Å². The highest BCUT2D eigenvalue weighted by molar-refractivity contribution is 6.09. The molecule has 160 valence electrons. The van der Waals surface area contributed by atoms with E-state index in [0.29, 0.717) is 5.56 Å². The lowest BCUT2D eigenvalue weighted by molar-refractivity contribution is -0.160. The number of rotatable bonds is 6. The number of hydrogen-bond acceptors (Lipinski definition) is 5. The zero-order chi connectivity index (χ0) is 21.7. The quantitative estimate of drug-likeness (QED) is 0.408. The van der Waals surface area contributed by atoms with Crippen LogP contribution in [0.4, 0.5) is 0 Å². The number of fused-ring (bicyclic) bond motifs is 5. The number of carbonyl (C=O) groups excluding carboxylic acids is 4. The fourth-order valence-electron chi connectivity index (χ4n) is 5.72. The number of aryl methyl sites for hydroxylation is 2. The summed E-state index contributed by atoms with van der Waals surface area (Å²) in [5.74, 6) is -1.75. The van der Waals surface area contributed by atoms with Crippen molar-refractivity contribution in [2.75, 3.05) is 6.61 Å². The van der Waals surface area contributed by atoms with Crippen molar-refractivity contribution < 1.29 is 23.9 Å². The standard InChI is InChI=1S/C24H29NO5/c1-12(2)21(24(29)30-11-18(26)17-9-13(3)5-6-14(17)4)25-22(27)19-15-7-8-16(10-15)20(19)23(25)28/h5-6,9,12,15-16,19-21H,7-8,10-11H2,1-4H3/t15-,16+,19-,20+,21-/m0/s1. The molecule has 2 aliphatic carbocycles. The Bertz CT molecular complexity index is 892. The summed E-state index contributed by atoms with van der Waals surface area (Å²) in [6.07, 6.45) is 2.92. The molecular formula is C24H29NO5. The Balaban J connectivity index is 1.49. The van der Waals surface area contributed by atoms with Crippen LogP contribution in [0.2, 0.25) is 0 Å². The highest BCUT2D eigenvalue weighted by atomic mass is 16.5. The monoisotopic (exact) mass is 411 g/mol. The molecule has 2 amide bonds. The summed E-state index contributed by atoms with van der Waals surface area (Å²) in [5, 5.41) is 0. The van der Waals surface area contributed by atoms with Gasteiger partial charge in [0.05, 0.1) is 11.8 Å². The van der Waals surface area contributed by atoms with Crippen LogP contribution in [0, 0.1) is 43.4 Å². The van der Waals surface area contributed by atoms with E-state index < -0.39 is 18.6 Å². The SMILES string of the molecule is Cc1ccc(C)c(C(=O)COC(=O)[C@H](C(C)C)N2C(=O)[C@@H]3[C@@H]4CC[C@@H](C4)[C@@H]3C2=O)c1. The molecule has 3 aliphatic rings.